The third-order valence-electron chi connectivity index (χ3n) is 12.5. The molecule has 2 unspecified atom stereocenters. The van der Waals surface area contributed by atoms with Crippen molar-refractivity contribution in [2.24, 2.45) is 5.41 Å². The van der Waals surface area contributed by atoms with E-state index in [0.29, 0.717) is 44.6 Å². The predicted molar refractivity (Wildman–Crippen MR) is 223 cm³/mol. The van der Waals surface area contributed by atoms with Gasteiger partial charge in [0.2, 0.25) is 21.8 Å². The van der Waals surface area contributed by atoms with E-state index in [2.05, 4.69) is 20.3 Å². The number of ether oxygens (including phenoxy) is 4. The maximum atomic E-state index is 14.5. The number of carbonyl (C=O) groups excluding carboxylic acids is 5. The van der Waals surface area contributed by atoms with Crippen LogP contribution in [0.4, 0.5) is 9.59 Å². The van der Waals surface area contributed by atoms with Gasteiger partial charge in [0.25, 0.3) is 5.91 Å². The standard InChI is InChI=1S/C43H62N6O11S/c1-41(2,3)60-39(53)44-34-11-8-6-5-7-9-16-42(4)28-43(42,38(52)46-61(55,56)33-14-15-33)45-36(50)35-24-32(27-49(35)37(34)51)59-40(54)48-25-29-12-13-31(23-30(29)26-48)58-20-10-17-47-18-21-57-22-19-47/h9,12-13,16,23,32-35H,5-8,10-11,14-15,17-22,24-28H2,1-4H3,(H,44,53)(H,45,50)(H,46,52)/b16-9-/t32-,34+,35?,42?,43+/m1/s1. The molecule has 0 spiro atoms. The van der Waals surface area contributed by atoms with Crippen LogP contribution in [0.2, 0.25) is 0 Å². The molecule has 5 atom stereocenters. The maximum Gasteiger partial charge on any atom is 0.410 e. The second kappa shape index (κ2) is 18.1. The molecule has 5 amide bonds. The normalized spacial score (nSPS) is 29.1. The largest absolute Gasteiger partial charge is 0.494 e. The summed E-state index contributed by atoms with van der Waals surface area (Å²) in [4.78, 5) is 75.0. The second-order valence-corrected chi connectivity index (χ2v) is 20.6. The van der Waals surface area contributed by atoms with Gasteiger partial charge in [-0.3, -0.25) is 28.9 Å². The van der Waals surface area contributed by atoms with Crippen LogP contribution in [-0.4, -0.2) is 134 Å². The molecule has 1 aromatic carbocycles. The van der Waals surface area contributed by atoms with Gasteiger partial charge >= 0.3 is 12.2 Å². The average Bonchev–Trinajstić information content (AvgIpc) is 4.05. The molecule has 61 heavy (non-hydrogen) atoms. The van der Waals surface area contributed by atoms with Crippen LogP contribution in [0.3, 0.4) is 0 Å². The Labute approximate surface area is 358 Å². The number of benzene rings is 1. The molecule has 2 aliphatic carbocycles. The number of allylic oxidation sites excluding steroid dienone is 1. The highest BCUT2D eigenvalue weighted by atomic mass is 32.2. The highest BCUT2D eigenvalue weighted by Crippen LogP contribution is 2.58. The minimum Gasteiger partial charge on any atom is -0.494 e. The van der Waals surface area contributed by atoms with Gasteiger partial charge in [-0.05, 0) is 89.0 Å². The first-order valence-electron chi connectivity index (χ1n) is 21.8. The molecule has 4 aliphatic heterocycles. The Kier molecular flexibility index (Phi) is 13.3. The van der Waals surface area contributed by atoms with Gasteiger partial charge in [0.1, 0.15) is 35.1 Å². The Morgan fingerprint density at radius 1 is 1.02 bits per heavy atom. The number of amides is 5. The van der Waals surface area contributed by atoms with Gasteiger partial charge in [0.15, 0.2) is 0 Å². The van der Waals surface area contributed by atoms with E-state index in [4.69, 9.17) is 18.9 Å². The van der Waals surface area contributed by atoms with E-state index in [9.17, 15) is 32.4 Å². The summed E-state index contributed by atoms with van der Waals surface area (Å²) in [7, 11) is -3.94. The summed E-state index contributed by atoms with van der Waals surface area (Å²) in [6, 6.07) is 3.50. The smallest absolute Gasteiger partial charge is 0.410 e. The molecule has 0 radical (unpaired) electrons. The molecule has 2 saturated heterocycles. The van der Waals surface area contributed by atoms with Crippen LogP contribution in [0.1, 0.15) is 103 Å². The molecule has 4 fully saturated rings. The zero-order valence-corrected chi connectivity index (χ0v) is 36.7. The second-order valence-electron chi connectivity index (χ2n) is 18.6. The molecule has 0 aromatic heterocycles. The summed E-state index contributed by atoms with van der Waals surface area (Å²) in [5.74, 6) is -1.37. The number of carbonyl (C=O) groups is 5. The van der Waals surface area contributed by atoms with Crippen LogP contribution in [0.5, 0.6) is 5.75 Å². The van der Waals surface area contributed by atoms with Crippen LogP contribution in [-0.2, 0) is 51.7 Å². The minimum absolute atomic E-state index is 0.0870. The first-order valence-corrected chi connectivity index (χ1v) is 23.4. The average molecular weight is 871 g/mol. The first-order chi connectivity index (χ1) is 28.9. The lowest BCUT2D eigenvalue weighted by Gasteiger charge is -2.31. The number of nitrogens with one attached hydrogen (secondary N) is 3. The third kappa shape index (κ3) is 10.8. The molecular weight excluding hydrogens is 809 g/mol. The van der Waals surface area contributed by atoms with Crippen molar-refractivity contribution < 1.29 is 51.3 Å². The number of fused-ring (bicyclic) bond motifs is 3. The molecule has 336 valence electrons. The van der Waals surface area contributed by atoms with Crippen molar-refractivity contribution in [1.29, 1.82) is 0 Å². The van der Waals surface area contributed by atoms with Gasteiger partial charge in [-0.25, -0.2) is 18.0 Å². The van der Waals surface area contributed by atoms with Crippen molar-refractivity contribution in [1.82, 2.24) is 30.1 Å². The summed E-state index contributed by atoms with van der Waals surface area (Å²) >= 11 is 0. The number of morpholine rings is 1. The summed E-state index contributed by atoms with van der Waals surface area (Å²) in [5.41, 5.74) is -1.45. The van der Waals surface area contributed by atoms with Crippen molar-refractivity contribution >= 4 is 39.9 Å². The van der Waals surface area contributed by atoms with Crippen LogP contribution in [0, 0.1) is 5.41 Å². The quantitative estimate of drug-likeness (QED) is 0.229. The van der Waals surface area contributed by atoms with Gasteiger partial charge in [-0.1, -0.05) is 38.0 Å². The third-order valence-corrected chi connectivity index (χ3v) is 14.3. The maximum absolute atomic E-state index is 14.5. The summed E-state index contributed by atoms with van der Waals surface area (Å²) in [6.45, 7) is 12.2. The lowest BCUT2D eigenvalue weighted by molar-refractivity contribution is -0.141. The SMILES string of the molecule is CC(C)(C)OC(=O)N[C@H]1CCCCC/C=C\C2(C)C[C@@]2(C(=O)NS(=O)(=O)C2CC2)NC(=O)C2C[C@@H](OC(=O)N3Cc4ccc(OCCCN5CCOCC5)cc4C3)CN2C1=O. The molecular formula is C43H62N6O11S. The lowest BCUT2D eigenvalue weighted by Crippen LogP contribution is -2.59. The van der Waals surface area contributed by atoms with E-state index in [1.54, 1.807) is 32.6 Å². The van der Waals surface area contributed by atoms with Crippen molar-refractivity contribution in [3.63, 3.8) is 0 Å². The Balaban J connectivity index is 1.06. The summed E-state index contributed by atoms with van der Waals surface area (Å²) in [5, 5.41) is 4.94. The molecule has 0 bridgehead atoms. The van der Waals surface area contributed by atoms with Crippen molar-refractivity contribution in [3.05, 3.63) is 41.5 Å². The Morgan fingerprint density at radius 3 is 2.51 bits per heavy atom. The van der Waals surface area contributed by atoms with Crippen LogP contribution in [0.25, 0.3) is 0 Å². The Bertz CT molecular complexity index is 1980. The van der Waals surface area contributed by atoms with Crippen molar-refractivity contribution in [2.45, 2.75) is 140 Å². The highest BCUT2D eigenvalue weighted by Gasteiger charge is 2.70. The molecule has 4 heterocycles. The van der Waals surface area contributed by atoms with Gasteiger partial charge in [-0.15, -0.1) is 0 Å². The van der Waals surface area contributed by atoms with E-state index >= 15 is 0 Å². The lowest BCUT2D eigenvalue weighted by atomic mass is 9.99. The molecule has 3 N–H and O–H groups in total. The highest BCUT2D eigenvalue weighted by molar-refractivity contribution is 7.91. The van der Waals surface area contributed by atoms with E-state index in [1.807, 2.05) is 30.4 Å². The van der Waals surface area contributed by atoms with Gasteiger partial charge in [0.05, 0.1) is 31.6 Å². The van der Waals surface area contributed by atoms with E-state index in [-0.39, 0.29) is 32.4 Å². The monoisotopic (exact) mass is 870 g/mol. The van der Waals surface area contributed by atoms with E-state index in [0.717, 1.165) is 63.2 Å². The van der Waals surface area contributed by atoms with Gasteiger partial charge in [0, 0.05) is 44.6 Å². The number of alkyl carbamates (subject to hydrolysis) is 1. The summed E-state index contributed by atoms with van der Waals surface area (Å²) < 4.78 is 51.1. The topological polar surface area (TPSA) is 202 Å². The number of hydrogen-bond acceptors (Lipinski definition) is 12. The number of hydrogen-bond donors (Lipinski definition) is 3. The zero-order chi connectivity index (χ0) is 43.6. The first kappa shape index (κ1) is 44.6. The van der Waals surface area contributed by atoms with E-state index in [1.165, 1.54) is 4.90 Å². The molecule has 6 aliphatic rings. The fraction of sp³-hybridized carbons (Fsp3) is 0.698. The van der Waals surface area contributed by atoms with Crippen LogP contribution in [0.15, 0.2) is 30.4 Å². The minimum atomic E-state index is -3.94. The van der Waals surface area contributed by atoms with Crippen molar-refractivity contribution in [3.8, 4) is 5.75 Å². The molecule has 1 aromatic rings. The van der Waals surface area contributed by atoms with Crippen molar-refractivity contribution in [2.75, 3.05) is 46.0 Å². The Morgan fingerprint density at radius 2 is 1.77 bits per heavy atom. The summed E-state index contributed by atoms with van der Waals surface area (Å²) in [6.07, 6.45) is 6.33. The van der Waals surface area contributed by atoms with Gasteiger partial charge in [-0.2, -0.15) is 0 Å². The fourth-order valence-electron chi connectivity index (χ4n) is 8.79. The molecule has 7 rings (SSSR count). The predicted octanol–water partition coefficient (Wildman–Crippen LogP) is 3.50. The number of rotatable bonds is 10. The number of sulfonamides is 1. The molecule has 2 saturated carbocycles. The van der Waals surface area contributed by atoms with Crippen LogP contribution < -0.4 is 20.1 Å². The van der Waals surface area contributed by atoms with Crippen LogP contribution >= 0.6 is 0 Å². The molecule has 17 nitrogen and oxygen atoms in total. The number of nitrogens with zero attached hydrogens (tertiary/aromatic N) is 3. The fourth-order valence-corrected chi connectivity index (χ4v) is 10.1. The Hall–Kier alpha value is -4.42. The van der Waals surface area contributed by atoms with E-state index < -0.39 is 79.9 Å². The molecule has 18 heteroatoms. The zero-order valence-electron chi connectivity index (χ0n) is 35.9. The van der Waals surface area contributed by atoms with Gasteiger partial charge < -0.3 is 34.5 Å².